The Morgan fingerprint density at radius 3 is 2.85 bits per heavy atom. The maximum Gasteiger partial charge on any atom is 0.247 e. The Balaban J connectivity index is 1.81. The monoisotopic (exact) mass is 297 g/mol. The molecule has 0 radical (unpaired) electrons. The molecule has 2 aromatic rings. The summed E-state index contributed by atoms with van der Waals surface area (Å²) in [6, 6.07) is 4.39. The van der Waals surface area contributed by atoms with E-state index >= 15 is 0 Å². The van der Waals surface area contributed by atoms with Gasteiger partial charge in [-0.1, -0.05) is 11.6 Å². The van der Waals surface area contributed by atoms with Gasteiger partial charge in [0.25, 0.3) is 0 Å². The van der Waals surface area contributed by atoms with E-state index in [9.17, 15) is 4.39 Å². The smallest absolute Gasteiger partial charge is 0.247 e. The van der Waals surface area contributed by atoms with Crippen LogP contribution < -0.4 is 5.73 Å². The number of hydrogen-bond acceptors (Lipinski definition) is 5. The Morgan fingerprint density at radius 1 is 1.30 bits per heavy atom. The van der Waals surface area contributed by atoms with Crippen LogP contribution >= 0.6 is 11.6 Å². The van der Waals surface area contributed by atoms with Crippen LogP contribution in [0.3, 0.4) is 0 Å². The lowest BCUT2D eigenvalue weighted by Crippen LogP contribution is -2.32. The molecule has 2 atom stereocenters. The van der Waals surface area contributed by atoms with Crippen LogP contribution in [0.1, 0.15) is 24.8 Å². The van der Waals surface area contributed by atoms with Gasteiger partial charge in [-0.2, -0.15) is 0 Å². The lowest BCUT2D eigenvalue weighted by atomic mass is 10.1. The van der Waals surface area contributed by atoms with E-state index in [1.807, 2.05) is 0 Å². The van der Waals surface area contributed by atoms with Gasteiger partial charge in [0.2, 0.25) is 11.8 Å². The number of benzene rings is 1. The van der Waals surface area contributed by atoms with Gasteiger partial charge in [-0.3, -0.25) is 0 Å². The third-order valence-electron chi connectivity index (χ3n) is 3.19. The molecule has 20 heavy (non-hydrogen) atoms. The molecule has 2 N–H and O–H groups in total. The van der Waals surface area contributed by atoms with Crippen molar-refractivity contribution in [3.05, 3.63) is 34.9 Å². The molecule has 2 heterocycles. The second kappa shape index (κ2) is 5.47. The first kappa shape index (κ1) is 13.5. The number of ether oxygens (including phenoxy) is 1. The van der Waals surface area contributed by atoms with Gasteiger partial charge >= 0.3 is 0 Å². The fourth-order valence-electron chi connectivity index (χ4n) is 2.08. The molecule has 1 saturated heterocycles. The van der Waals surface area contributed by atoms with Gasteiger partial charge in [0.05, 0.1) is 11.6 Å². The lowest BCUT2D eigenvalue weighted by Gasteiger charge is -2.24. The molecule has 0 saturated carbocycles. The largest absolute Gasteiger partial charge is 0.418 e. The van der Waals surface area contributed by atoms with Crippen molar-refractivity contribution >= 4 is 11.6 Å². The van der Waals surface area contributed by atoms with Crippen molar-refractivity contribution in [3.63, 3.8) is 0 Å². The molecule has 5 nitrogen and oxygen atoms in total. The molecule has 0 aliphatic carbocycles. The molecule has 1 fully saturated rings. The molecule has 1 aliphatic heterocycles. The molecular formula is C13H13ClFN3O2. The third-order valence-corrected chi connectivity index (χ3v) is 3.50. The average Bonchev–Trinajstić information content (AvgIpc) is 2.92. The number of hydrogen-bond donors (Lipinski definition) is 1. The van der Waals surface area contributed by atoms with Gasteiger partial charge in [0, 0.05) is 11.6 Å². The van der Waals surface area contributed by atoms with Gasteiger partial charge in [0.15, 0.2) is 0 Å². The molecule has 7 heteroatoms. The van der Waals surface area contributed by atoms with Crippen LogP contribution in [0, 0.1) is 5.82 Å². The molecule has 1 aromatic heterocycles. The number of rotatable bonds is 2. The SMILES string of the molecule is NC1CCC(c2nnc(-c3ccc(Cl)c(F)c3)o2)OC1. The van der Waals surface area contributed by atoms with Crippen molar-refractivity contribution in [2.75, 3.05) is 6.61 Å². The maximum atomic E-state index is 13.4. The molecule has 0 spiro atoms. The minimum absolute atomic E-state index is 0.0538. The van der Waals surface area contributed by atoms with Crippen LogP contribution in [0.4, 0.5) is 4.39 Å². The summed E-state index contributed by atoms with van der Waals surface area (Å²) in [6.45, 7) is 0.470. The normalized spacial score (nSPS) is 22.9. The quantitative estimate of drug-likeness (QED) is 0.922. The summed E-state index contributed by atoms with van der Waals surface area (Å²) in [5.74, 6) is 0.111. The molecule has 1 aliphatic rings. The highest BCUT2D eigenvalue weighted by Gasteiger charge is 2.25. The van der Waals surface area contributed by atoms with Crippen LogP contribution in [0.15, 0.2) is 22.6 Å². The molecule has 106 valence electrons. The second-order valence-electron chi connectivity index (χ2n) is 4.73. The standard InChI is InChI=1S/C13H13ClFN3O2/c14-9-3-1-7(5-10(9)15)12-17-18-13(20-12)11-4-2-8(16)6-19-11/h1,3,5,8,11H,2,4,6,16H2. The molecule has 3 rings (SSSR count). The fraction of sp³-hybridized carbons (Fsp3) is 0.385. The van der Waals surface area contributed by atoms with Crippen LogP contribution in [0.5, 0.6) is 0 Å². The summed E-state index contributed by atoms with van der Waals surface area (Å²) >= 11 is 5.64. The van der Waals surface area contributed by atoms with Crippen LogP contribution in [-0.2, 0) is 4.74 Å². The Hall–Kier alpha value is -1.50. The van der Waals surface area contributed by atoms with Crippen molar-refractivity contribution in [1.29, 1.82) is 0 Å². The van der Waals surface area contributed by atoms with Gasteiger partial charge in [0.1, 0.15) is 11.9 Å². The number of halogens is 2. The van der Waals surface area contributed by atoms with E-state index in [2.05, 4.69) is 10.2 Å². The van der Waals surface area contributed by atoms with Gasteiger partial charge in [-0.25, -0.2) is 4.39 Å². The minimum Gasteiger partial charge on any atom is -0.418 e. The van der Waals surface area contributed by atoms with E-state index in [1.165, 1.54) is 12.1 Å². The van der Waals surface area contributed by atoms with Crippen molar-refractivity contribution in [2.24, 2.45) is 5.73 Å². The summed E-state index contributed by atoms with van der Waals surface area (Å²) in [5, 5.41) is 7.92. The van der Waals surface area contributed by atoms with Crippen LogP contribution in [0.2, 0.25) is 5.02 Å². The maximum absolute atomic E-state index is 13.4. The summed E-state index contributed by atoms with van der Waals surface area (Å²) in [7, 11) is 0. The van der Waals surface area contributed by atoms with E-state index in [-0.39, 0.29) is 23.1 Å². The highest BCUT2D eigenvalue weighted by atomic mass is 35.5. The Labute approximate surface area is 119 Å². The van der Waals surface area contributed by atoms with Gasteiger partial charge < -0.3 is 14.9 Å². The Morgan fingerprint density at radius 2 is 2.15 bits per heavy atom. The summed E-state index contributed by atoms with van der Waals surface area (Å²) < 4.78 is 24.5. The first-order valence-electron chi connectivity index (χ1n) is 6.29. The third kappa shape index (κ3) is 2.67. The highest BCUT2D eigenvalue weighted by molar-refractivity contribution is 6.30. The van der Waals surface area contributed by atoms with Crippen LogP contribution in [-0.4, -0.2) is 22.8 Å². The molecular weight excluding hydrogens is 285 g/mol. The minimum atomic E-state index is -0.524. The molecule has 1 aromatic carbocycles. The number of nitrogens with zero attached hydrogens (tertiary/aromatic N) is 2. The van der Waals surface area contributed by atoms with Crippen molar-refractivity contribution in [2.45, 2.75) is 25.0 Å². The Bertz CT molecular complexity index is 611. The number of aromatic nitrogens is 2. The van der Waals surface area contributed by atoms with E-state index in [0.717, 1.165) is 12.8 Å². The zero-order chi connectivity index (χ0) is 14.1. The van der Waals surface area contributed by atoms with Gasteiger partial charge in [-0.15, -0.1) is 10.2 Å². The van der Waals surface area contributed by atoms with Crippen molar-refractivity contribution < 1.29 is 13.5 Å². The van der Waals surface area contributed by atoms with Crippen molar-refractivity contribution in [1.82, 2.24) is 10.2 Å². The molecule has 0 bridgehead atoms. The predicted octanol–water partition coefficient (Wildman–Crippen LogP) is 2.71. The van der Waals surface area contributed by atoms with E-state index in [1.54, 1.807) is 6.07 Å². The Kier molecular flexibility index (Phi) is 3.69. The fourth-order valence-corrected chi connectivity index (χ4v) is 2.19. The summed E-state index contributed by atoms with van der Waals surface area (Å²) in [6.07, 6.45) is 1.34. The zero-order valence-corrected chi connectivity index (χ0v) is 11.3. The van der Waals surface area contributed by atoms with E-state index in [0.29, 0.717) is 18.1 Å². The lowest BCUT2D eigenvalue weighted by molar-refractivity contribution is -0.0111. The second-order valence-corrected chi connectivity index (χ2v) is 5.14. The van der Waals surface area contributed by atoms with Crippen molar-refractivity contribution in [3.8, 4) is 11.5 Å². The molecule has 2 unspecified atom stereocenters. The van der Waals surface area contributed by atoms with E-state index < -0.39 is 5.82 Å². The highest BCUT2D eigenvalue weighted by Crippen LogP contribution is 2.29. The van der Waals surface area contributed by atoms with E-state index in [4.69, 9.17) is 26.5 Å². The van der Waals surface area contributed by atoms with Crippen LogP contribution in [0.25, 0.3) is 11.5 Å². The zero-order valence-electron chi connectivity index (χ0n) is 10.6. The first-order chi connectivity index (χ1) is 9.63. The summed E-state index contributed by atoms with van der Waals surface area (Å²) in [5.41, 5.74) is 6.24. The predicted molar refractivity (Wildman–Crippen MR) is 70.6 cm³/mol. The number of nitrogens with two attached hydrogens (primary N) is 1. The first-order valence-corrected chi connectivity index (χ1v) is 6.67. The topological polar surface area (TPSA) is 74.2 Å². The summed E-state index contributed by atoms with van der Waals surface area (Å²) in [4.78, 5) is 0. The van der Waals surface area contributed by atoms with Gasteiger partial charge in [-0.05, 0) is 31.0 Å². The molecule has 0 amide bonds. The average molecular weight is 298 g/mol.